The molecule has 2 N–H and O–H groups in total. The Hall–Kier alpha value is -4.88. The molecule has 5 rings (SSSR count). The Morgan fingerprint density at radius 2 is 1.72 bits per heavy atom. The van der Waals surface area contributed by atoms with E-state index in [1.165, 1.54) is 18.2 Å². The molecule has 3 aromatic carbocycles. The van der Waals surface area contributed by atoms with E-state index in [1.807, 2.05) is 6.07 Å². The zero-order chi connectivity index (χ0) is 25.6. The highest BCUT2D eigenvalue weighted by Gasteiger charge is 2.69. The fourth-order valence-corrected chi connectivity index (χ4v) is 5.25. The van der Waals surface area contributed by atoms with Crippen molar-refractivity contribution in [2.45, 2.75) is 11.6 Å². The number of nitrogens with one attached hydrogen (secondary N) is 1. The van der Waals surface area contributed by atoms with E-state index in [2.05, 4.69) is 5.32 Å². The molecule has 2 saturated heterocycles. The monoisotopic (exact) mass is 482 g/mol. The van der Waals surface area contributed by atoms with Gasteiger partial charge in [0.2, 0.25) is 11.8 Å². The smallest absolute Gasteiger partial charge is 0.329 e. The Labute approximate surface area is 204 Å². The van der Waals surface area contributed by atoms with Gasteiger partial charge in [0.05, 0.1) is 34.1 Å². The predicted octanol–water partition coefficient (Wildman–Crippen LogP) is 2.90. The van der Waals surface area contributed by atoms with Crippen molar-refractivity contribution in [2.24, 2.45) is 11.8 Å². The largest absolute Gasteiger partial charge is 0.480 e. The number of carboxylic acid groups (broad SMARTS) is 1. The minimum atomic E-state index is -1.94. The van der Waals surface area contributed by atoms with Crippen LogP contribution >= 0.6 is 0 Å². The van der Waals surface area contributed by atoms with Gasteiger partial charge in [0.15, 0.2) is 5.54 Å². The minimum absolute atomic E-state index is 0.000436. The van der Waals surface area contributed by atoms with Crippen LogP contribution in [0.3, 0.4) is 0 Å². The van der Waals surface area contributed by atoms with Gasteiger partial charge in [0.1, 0.15) is 0 Å². The van der Waals surface area contributed by atoms with Crippen molar-refractivity contribution in [3.63, 3.8) is 0 Å². The number of nitriles is 1. The molecule has 2 aliphatic heterocycles. The van der Waals surface area contributed by atoms with Gasteiger partial charge < -0.3 is 5.11 Å². The summed E-state index contributed by atoms with van der Waals surface area (Å²) in [6, 6.07) is 20.7. The summed E-state index contributed by atoms with van der Waals surface area (Å²) in [5, 5.41) is 34.0. The summed E-state index contributed by atoms with van der Waals surface area (Å²) in [7, 11) is 0. The van der Waals surface area contributed by atoms with Crippen molar-refractivity contribution in [3.05, 3.63) is 106 Å². The van der Waals surface area contributed by atoms with E-state index in [-0.39, 0.29) is 11.4 Å². The fourth-order valence-electron chi connectivity index (χ4n) is 5.25. The fraction of sp³-hybridized carbons (Fsp3) is 0.154. The lowest BCUT2D eigenvalue weighted by molar-refractivity contribution is -0.384. The van der Waals surface area contributed by atoms with Gasteiger partial charge >= 0.3 is 5.97 Å². The van der Waals surface area contributed by atoms with Crippen molar-refractivity contribution in [3.8, 4) is 6.07 Å². The van der Waals surface area contributed by atoms with Crippen LogP contribution in [0.1, 0.15) is 22.7 Å². The first-order valence-electron chi connectivity index (χ1n) is 11.0. The molecular formula is C26H18N4O6. The molecule has 4 unspecified atom stereocenters. The van der Waals surface area contributed by atoms with Gasteiger partial charge in [-0.3, -0.25) is 25.0 Å². The second-order valence-electron chi connectivity index (χ2n) is 8.63. The molecule has 0 aliphatic carbocycles. The first kappa shape index (κ1) is 22.9. The number of imide groups is 1. The number of hydrogen-bond donors (Lipinski definition) is 2. The third-order valence-electron chi connectivity index (χ3n) is 6.82. The van der Waals surface area contributed by atoms with Crippen LogP contribution in [0.25, 0.3) is 0 Å². The summed E-state index contributed by atoms with van der Waals surface area (Å²) < 4.78 is 0. The molecule has 0 spiro atoms. The van der Waals surface area contributed by atoms with E-state index >= 15 is 0 Å². The maximum atomic E-state index is 13.8. The third-order valence-corrected chi connectivity index (χ3v) is 6.82. The number of carboxylic acids is 1. The lowest BCUT2D eigenvalue weighted by Crippen LogP contribution is -2.53. The highest BCUT2D eigenvalue weighted by atomic mass is 16.6. The Kier molecular flexibility index (Phi) is 5.35. The lowest BCUT2D eigenvalue weighted by atomic mass is 9.75. The van der Waals surface area contributed by atoms with Crippen LogP contribution in [-0.4, -0.2) is 27.8 Å². The van der Waals surface area contributed by atoms with Crippen LogP contribution < -0.4 is 10.2 Å². The highest BCUT2D eigenvalue weighted by molar-refractivity contribution is 6.24. The number of hydrogen-bond acceptors (Lipinski definition) is 7. The first-order chi connectivity index (χ1) is 17.3. The minimum Gasteiger partial charge on any atom is -0.480 e. The molecule has 10 heteroatoms. The van der Waals surface area contributed by atoms with Crippen molar-refractivity contribution in [1.82, 2.24) is 5.32 Å². The molecule has 3 aromatic rings. The topological polar surface area (TPSA) is 154 Å². The quantitative estimate of drug-likeness (QED) is 0.320. The number of carbonyl (C=O) groups is 3. The van der Waals surface area contributed by atoms with Gasteiger partial charge in [-0.1, -0.05) is 48.5 Å². The average Bonchev–Trinajstić information content (AvgIpc) is 3.39. The number of rotatable bonds is 5. The summed E-state index contributed by atoms with van der Waals surface area (Å²) in [6.45, 7) is 0. The molecule has 2 amide bonds. The molecule has 178 valence electrons. The van der Waals surface area contributed by atoms with Gasteiger partial charge in [-0.15, -0.1) is 0 Å². The van der Waals surface area contributed by atoms with E-state index in [9.17, 15) is 29.6 Å². The molecule has 0 bridgehead atoms. The maximum Gasteiger partial charge on any atom is 0.329 e. The van der Waals surface area contributed by atoms with Gasteiger partial charge in [-0.2, -0.15) is 5.26 Å². The van der Waals surface area contributed by atoms with E-state index in [0.717, 1.165) is 11.0 Å². The van der Waals surface area contributed by atoms with Gasteiger partial charge in [0, 0.05) is 18.2 Å². The number of nitro benzene ring substituents is 1. The number of carbonyl (C=O) groups excluding carboxylic acids is 2. The van der Waals surface area contributed by atoms with Gasteiger partial charge in [-0.05, 0) is 29.3 Å². The molecule has 0 aromatic heterocycles. The zero-order valence-corrected chi connectivity index (χ0v) is 18.6. The van der Waals surface area contributed by atoms with E-state index < -0.39 is 46.1 Å². The van der Waals surface area contributed by atoms with Crippen molar-refractivity contribution >= 4 is 29.2 Å². The highest BCUT2D eigenvalue weighted by Crippen LogP contribution is 2.53. The summed E-state index contributed by atoms with van der Waals surface area (Å²) in [6.07, 6.45) is 0. The SMILES string of the molecule is N#Cc1ccc(C2NC(C(=O)O)(c3ccccc3)C3C(=O)N(c4cccc([N+](=O)[O-])c4)C(=O)C23)cc1. The van der Waals surface area contributed by atoms with Crippen LogP contribution in [-0.2, 0) is 19.9 Å². The van der Waals surface area contributed by atoms with E-state index in [4.69, 9.17) is 5.26 Å². The molecule has 10 nitrogen and oxygen atoms in total. The van der Waals surface area contributed by atoms with Gasteiger partial charge in [-0.25, -0.2) is 9.69 Å². The van der Waals surface area contributed by atoms with Gasteiger partial charge in [0.25, 0.3) is 5.69 Å². The molecular weight excluding hydrogens is 464 g/mol. The number of nitrogens with zero attached hydrogens (tertiary/aromatic N) is 3. The Morgan fingerprint density at radius 1 is 1.03 bits per heavy atom. The Balaban J connectivity index is 1.70. The van der Waals surface area contributed by atoms with Crippen LogP contribution in [0.15, 0.2) is 78.9 Å². The molecule has 2 fully saturated rings. The van der Waals surface area contributed by atoms with Crippen molar-refractivity contribution in [2.75, 3.05) is 4.90 Å². The summed E-state index contributed by atoms with van der Waals surface area (Å²) in [5.74, 6) is -5.19. The molecule has 2 aliphatic rings. The number of non-ortho nitro benzene ring substituents is 1. The first-order valence-corrected chi connectivity index (χ1v) is 11.0. The average molecular weight is 482 g/mol. The van der Waals surface area contributed by atoms with Crippen LogP contribution in [0, 0.1) is 33.3 Å². The Morgan fingerprint density at radius 3 is 2.33 bits per heavy atom. The molecule has 0 radical (unpaired) electrons. The van der Waals surface area contributed by atoms with Crippen LogP contribution in [0.5, 0.6) is 0 Å². The van der Waals surface area contributed by atoms with E-state index in [0.29, 0.717) is 16.7 Å². The second-order valence-corrected chi connectivity index (χ2v) is 8.63. The molecule has 0 saturated carbocycles. The zero-order valence-electron chi connectivity index (χ0n) is 18.6. The van der Waals surface area contributed by atoms with Crippen LogP contribution in [0.2, 0.25) is 0 Å². The Bertz CT molecular complexity index is 1450. The number of nitro groups is 1. The summed E-state index contributed by atoms with van der Waals surface area (Å²) in [4.78, 5) is 52.0. The number of aliphatic carboxylic acids is 1. The standard InChI is InChI=1S/C26H18N4O6/c27-14-15-9-11-16(12-10-15)22-20-21(26(28-22,25(33)34)17-5-2-1-3-6-17)24(32)29(23(20)31)18-7-4-8-19(13-18)30(35)36/h1-13,20-22,28H,(H,33,34). The number of amides is 2. The molecule has 4 atom stereocenters. The number of fused-ring (bicyclic) bond motifs is 1. The molecule has 2 heterocycles. The van der Waals surface area contributed by atoms with Crippen LogP contribution in [0.4, 0.5) is 11.4 Å². The molecule has 36 heavy (non-hydrogen) atoms. The summed E-state index contributed by atoms with van der Waals surface area (Å²) in [5.41, 5.74) is -1.03. The maximum absolute atomic E-state index is 13.8. The summed E-state index contributed by atoms with van der Waals surface area (Å²) >= 11 is 0. The van der Waals surface area contributed by atoms with E-state index in [1.54, 1.807) is 54.6 Å². The second kappa shape index (κ2) is 8.41. The predicted molar refractivity (Wildman–Crippen MR) is 125 cm³/mol. The number of anilines is 1. The lowest BCUT2D eigenvalue weighted by Gasteiger charge is -2.31. The number of benzene rings is 3. The van der Waals surface area contributed by atoms with Crippen molar-refractivity contribution < 1.29 is 24.4 Å². The van der Waals surface area contributed by atoms with Crippen molar-refractivity contribution in [1.29, 1.82) is 5.26 Å². The normalized spacial score (nSPS) is 24.9. The third kappa shape index (κ3) is 3.25.